The van der Waals surface area contributed by atoms with E-state index in [1.807, 2.05) is 45.9 Å². The second-order valence-corrected chi connectivity index (χ2v) is 3.67. The fraction of sp³-hybridized carbons (Fsp3) is 0.286. The van der Waals surface area contributed by atoms with Crippen molar-refractivity contribution in [3.8, 4) is 0 Å². The Morgan fingerprint density at radius 2 is 1.89 bits per heavy atom. The maximum atomic E-state index is 9.23. The van der Waals surface area contributed by atoms with Crippen molar-refractivity contribution in [1.29, 1.82) is 0 Å². The third-order valence-electron chi connectivity index (χ3n) is 2.58. The van der Waals surface area contributed by atoms with Gasteiger partial charge < -0.3 is 14.5 Å². The predicted octanol–water partition coefficient (Wildman–Crippen LogP) is 2.48. The first kappa shape index (κ1) is 14.5. The van der Waals surface area contributed by atoms with Gasteiger partial charge >= 0.3 is 7.12 Å². The molecule has 2 aromatic rings. The molecule has 0 saturated carbocycles. The van der Waals surface area contributed by atoms with Crippen molar-refractivity contribution >= 4 is 29.6 Å². The Kier molecular flexibility index (Phi) is 5.19. The molecule has 3 nitrogen and oxygen atoms in total. The highest BCUT2D eigenvalue weighted by molar-refractivity contribution is 6.61. The van der Waals surface area contributed by atoms with Crippen molar-refractivity contribution in [2.75, 3.05) is 0 Å². The molecule has 0 bridgehead atoms. The molecule has 2 rings (SSSR count). The van der Waals surface area contributed by atoms with E-state index in [1.165, 1.54) is 0 Å². The Labute approximate surface area is 108 Å². The molecule has 1 aromatic carbocycles. The largest absolute Gasteiger partial charge is 0.492 e. The fourth-order valence-electron chi connectivity index (χ4n) is 1.86. The summed E-state index contributed by atoms with van der Waals surface area (Å²) in [5, 5.41) is 19.4. The maximum Gasteiger partial charge on any atom is 0.492 e. The van der Waals surface area contributed by atoms with Crippen LogP contribution < -0.4 is 5.46 Å². The van der Waals surface area contributed by atoms with Crippen molar-refractivity contribution < 1.29 is 14.5 Å². The highest BCUT2D eigenvalue weighted by atomic mass is 16.4. The summed E-state index contributed by atoms with van der Waals surface area (Å²) in [6, 6.07) is 5.35. The van der Waals surface area contributed by atoms with E-state index in [0.29, 0.717) is 11.0 Å². The zero-order valence-corrected chi connectivity index (χ0v) is 11.3. The van der Waals surface area contributed by atoms with Gasteiger partial charge in [0.2, 0.25) is 0 Å². The van der Waals surface area contributed by atoms with Crippen LogP contribution in [0.4, 0.5) is 0 Å². The molecule has 18 heavy (non-hydrogen) atoms. The zero-order chi connectivity index (χ0) is 13.7. The van der Waals surface area contributed by atoms with Gasteiger partial charge in [-0.25, -0.2) is 0 Å². The number of rotatable bonds is 2. The van der Waals surface area contributed by atoms with Gasteiger partial charge in [-0.1, -0.05) is 44.2 Å². The Bertz CT molecular complexity index is 541. The van der Waals surface area contributed by atoms with Crippen LogP contribution in [-0.2, 0) is 0 Å². The molecule has 0 spiro atoms. The average molecular weight is 246 g/mol. The smallest absolute Gasteiger partial charge is 0.461 e. The first-order chi connectivity index (χ1) is 8.65. The first-order valence-electron chi connectivity index (χ1n) is 6.16. The molecule has 0 atom stereocenters. The minimum atomic E-state index is -1.51. The molecule has 0 fully saturated rings. The summed E-state index contributed by atoms with van der Waals surface area (Å²) in [5.41, 5.74) is 1.93. The third-order valence-corrected chi connectivity index (χ3v) is 2.58. The summed E-state index contributed by atoms with van der Waals surface area (Å²) < 4.78 is 5.57. The van der Waals surface area contributed by atoms with Crippen molar-refractivity contribution in [1.82, 2.24) is 0 Å². The zero-order valence-electron chi connectivity index (χ0n) is 11.3. The third kappa shape index (κ3) is 2.66. The fourth-order valence-corrected chi connectivity index (χ4v) is 1.86. The number of para-hydroxylation sites is 1. The average Bonchev–Trinajstić information content (AvgIpc) is 2.69. The van der Waals surface area contributed by atoms with Crippen LogP contribution in [0.3, 0.4) is 0 Å². The summed E-state index contributed by atoms with van der Waals surface area (Å²) in [7, 11) is -1.51. The normalized spacial score (nSPS) is 10.6. The van der Waals surface area contributed by atoms with E-state index in [4.69, 9.17) is 4.42 Å². The number of hydrogen-bond donors (Lipinski definition) is 2. The summed E-state index contributed by atoms with van der Waals surface area (Å²) in [6.45, 7) is 7.80. The molecule has 0 unspecified atom stereocenters. The second-order valence-electron chi connectivity index (χ2n) is 3.67. The number of fused-ring (bicyclic) bond motifs is 1. The van der Waals surface area contributed by atoms with Gasteiger partial charge in [0, 0.05) is 16.4 Å². The van der Waals surface area contributed by atoms with Gasteiger partial charge in [-0.15, -0.1) is 0 Å². The van der Waals surface area contributed by atoms with E-state index in [9.17, 15) is 10.0 Å². The second kappa shape index (κ2) is 6.43. The van der Waals surface area contributed by atoms with Gasteiger partial charge in [0.05, 0.1) is 0 Å². The summed E-state index contributed by atoms with van der Waals surface area (Å²) in [6.07, 6.45) is 3.88. The highest BCUT2D eigenvalue weighted by Gasteiger charge is 2.19. The molecule has 1 heterocycles. The Balaban J connectivity index is 0.000000771. The minimum Gasteiger partial charge on any atom is -0.461 e. The maximum absolute atomic E-state index is 9.23. The molecule has 2 N–H and O–H groups in total. The molecule has 0 amide bonds. The molecule has 1 aromatic heterocycles. The molecule has 96 valence electrons. The monoisotopic (exact) mass is 246 g/mol. The van der Waals surface area contributed by atoms with Gasteiger partial charge in [-0.3, -0.25) is 0 Å². The Hall–Kier alpha value is -1.52. The van der Waals surface area contributed by atoms with Crippen LogP contribution in [0.15, 0.2) is 28.7 Å². The van der Waals surface area contributed by atoms with E-state index in [1.54, 1.807) is 12.1 Å². The van der Waals surface area contributed by atoms with Crippen LogP contribution in [0.5, 0.6) is 0 Å². The van der Waals surface area contributed by atoms with Gasteiger partial charge in [0.1, 0.15) is 11.3 Å². The van der Waals surface area contributed by atoms with Gasteiger partial charge in [-0.05, 0) is 13.8 Å². The van der Waals surface area contributed by atoms with Crippen LogP contribution >= 0.6 is 0 Å². The SMILES string of the molecule is C/C=C\c1c(C)oc2c(B(O)O)cccc12.CC. The lowest BCUT2D eigenvalue weighted by atomic mass is 9.79. The van der Waals surface area contributed by atoms with E-state index in [0.717, 1.165) is 16.7 Å². The molecule has 0 aliphatic heterocycles. The van der Waals surface area contributed by atoms with Crippen molar-refractivity contribution in [3.05, 3.63) is 35.6 Å². The first-order valence-corrected chi connectivity index (χ1v) is 6.16. The number of allylic oxidation sites excluding steroid dienone is 1. The van der Waals surface area contributed by atoms with Crippen molar-refractivity contribution in [3.63, 3.8) is 0 Å². The van der Waals surface area contributed by atoms with Gasteiger partial charge in [0.15, 0.2) is 0 Å². The molecular formula is C14H19BO3. The topological polar surface area (TPSA) is 53.6 Å². The molecule has 4 heteroatoms. The Morgan fingerprint density at radius 3 is 2.44 bits per heavy atom. The molecule has 0 aliphatic rings. The van der Waals surface area contributed by atoms with Gasteiger partial charge in [0.25, 0.3) is 0 Å². The highest BCUT2D eigenvalue weighted by Crippen LogP contribution is 2.25. The lowest BCUT2D eigenvalue weighted by Gasteiger charge is -1.99. The Morgan fingerprint density at radius 1 is 1.22 bits per heavy atom. The van der Waals surface area contributed by atoms with Crippen molar-refractivity contribution in [2.24, 2.45) is 0 Å². The summed E-state index contributed by atoms with van der Waals surface area (Å²) in [4.78, 5) is 0. The van der Waals surface area contributed by atoms with E-state index >= 15 is 0 Å². The number of aryl methyl sites for hydroxylation is 1. The molecular weight excluding hydrogens is 227 g/mol. The standard InChI is InChI=1S/C12H13BO3.C2H6/c1-3-5-9-8(2)16-12-10(9)6-4-7-11(12)13(14)15;1-2/h3-7,14-15H,1-2H3;1-2H3/b5-3-;. The van der Waals surface area contributed by atoms with Crippen LogP contribution in [0.2, 0.25) is 0 Å². The predicted molar refractivity (Wildman–Crippen MR) is 76.8 cm³/mol. The minimum absolute atomic E-state index is 0.399. The van der Waals surface area contributed by atoms with E-state index in [2.05, 4.69) is 0 Å². The van der Waals surface area contributed by atoms with E-state index < -0.39 is 7.12 Å². The van der Waals surface area contributed by atoms with Gasteiger partial charge in [-0.2, -0.15) is 0 Å². The lowest BCUT2D eigenvalue weighted by Crippen LogP contribution is -2.29. The summed E-state index contributed by atoms with van der Waals surface area (Å²) in [5.74, 6) is 0.779. The molecule has 0 saturated heterocycles. The quantitative estimate of drug-likeness (QED) is 0.800. The van der Waals surface area contributed by atoms with Crippen LogP contribution in [0.1, 0.15) is 32.1 Å². The molecule has 0 radical (unpaired) electrons. The van der Waals surface area contributed by atoms with Crippen molar-refractivity contribution in [2.45, 2.75) is 27.7 Å². The summed E-state index contributed by atoms with van der Waals surface area (Å²) >= 11 is 0. The number of furan rings is 1. The number of benzene rings is 1. The lowest BCUT2D eigenvalue weighted by molar-refractivity contribution is 0.425. The van der Waals surface area contributed by atoms with Crippen LogP contribution in [0.25, 0.3) is 17.0 Å². The van der Waals surface area contributed by atoms with E-state index in [-0.39, 0.29) is 0 Å². The molecule has 0 aliphatic carbocycles. The van der Waals surface area contributed by atoms with Crippen LogP contribution in [0, 0.1) is 6.92 Å². The number of hydrogen-bond acceptors (Lipinski definition) is 3. The van der Waals surface area contributed by atoms with Crippen LogP contribution in [-0.4, -0.2) is 17.2 Å².